The molecule has 2 aromatic rings. The predicted molar refractivity (Wildman–Crippen MR) is 137 cm³/mol. The van der Waals surface area contributed by atoms with Crippen LogP contribution in [0.25, 0.3) is 0 Å². The van der Waals surface area contributed by atoms with Crippen LogP contribution in [-0.2, 0) is 6.61 Å². The topological polar surface area (TPSA) is 44.7 Å². The van der Waals surface area contributed by atoms with Crippen molar-refractivity contribution in [2.75, 3.05) is 26.2 Å². The first-order valence-electron chi connectivity index (χ1n) is 11.3. The molecule has 1 unspecified atom stereocenters. The maximum absolute atomic E-state index is 11.3. The standard InChI is InChI=1S/C25H33ClN2O2.2ClH/c26-22-17-21(9-10-24(22)30-19-20-7-3-1-4-8-20)23(28-15-13-27-14-16-28)18-25(29)11-5-2-6-12-25;;/h1,3-4,7-10,17,23,27,29H,2,5-6,11-16,18-19H2;2*1H. The van der Waals surface area contributed by atoms with Gasteiger partial charge in [0.25, 0.3) is 0 Å². The fraction of sp³-hybridized carbons (Fsp3) is 0.520. The van der Waals surface area contributed by atoms with Crippen molar-refractivity contribution < 1.29 is 9.84 Å². The number of hydrogen-bond donors (Lipinski definition) is 2. The molecule has 1 saturated carbocycles. The van der Waals surface area contributed by atoms with Crippen LogP contribution in [0.2, 0.25) is 5.02 Å². The molecule has 4 rings (SSSR count). The second-order valence-electron chi connectivity index (χ2n) is 8.76. The van der Waals surface area contributed by atoms with E-state index in [0.29, 0.717) is 17.4 Å². The highest BCUT2D eigenvalue weighted by Crippen LogP contribution is 2.40. The first kappa shape index (κ1) is 27.2. The number of piperazine rings is 1. The SMILES string of the molecule is Cl.Cl.OC1(CC(c2ccc(OCc3ccccc3)c(Cl)c2)N2CCNCC2)CCCCC1. The molecule has 2 aromatic carbocycles. The zero-order chi connectivity index (χ0) is 20.8. The predicted octanol–water partition coefficient (Wildman–Crippen LogP) is 5.79. The lowest BCUT2D eigenvalue weighted by Crippen LogP contribution is -2.47. The molecule has 0 amide bonds. The van der Waals surface area contributed by atoms with E-state index in [1.54, 1.807) is 0 Å². The van der Waals surface area contributed by atoms with Gasteiger partial charge in [-0.05, 0) is 42.5 Å². The Morgan fingerprint density at radius 1 is 1.00 bits per heavy atom. The zero-order valence-corrected chi connectivity index (χ0v) is 20.9. The maximum Gasteiger partial charge on any atom is 0.138 e. The molecular formula is C25H35Cl3N2O2. The second-order valence-corrected chi connectivity index (χ2v) is 9.16. The fourth-order valence-corrected chi connectivity index (χ4v) is 5.05. The van der Waals surface area contributed by atoms with E-state index < -0.39 is 5.60 Å². The average Bonchev–Trinajstić information content (AvgIpc) is 2.78. The average molecular weight is 502 g/mol. The Morgan fingerprint density at radius 3 is 2.34 bits per heavy atom. The van der Waals surface area contributed by atoms with Crippen molar-refractivity contribution in [3.63, 3.8) is 0 Å². The van der Waals surface area contributed by atoms with Crippen molar-refractivity contribution in [1.82, 2.24) is 10.2 Å². The van der Waals surface area contributed by atoms with E-state index in [4.69, 9.17) is 16.3 Å². The molecule has 32 heavy (non-hydrogen) atoms. The van der Waals surface area contributed by atoms with E-state index in [-0.39, 0.29) is 30.9 Å². The van der Waals surface area contributed by atoms with Crippen molar-refractivity contribution in [1.29, 1.82) is 0 Å². The molecule has 0 bridgehead atoms. The van der Waals surface area contributed by atoms with Crippen molar-refractivity contribution in [3.05, 3.63) is 64.7 Å². The molecule has 2 fully saturated rings. The maximum atomic E-state index is 11.3. The molecule has 178 valence electrons. The van der Waals surface area contributed by atoms with Crippen LogP contribution in [0.15, 0.2) is 48.5 Å². The van der Waals surface area contributed by atoms with Crippen LogP contribution in [0.1, 0.15) is 55.7 Å². The molecule has 1 aliphatic heterocycles. The number of nitrogens with one attached hydrogen (secondary N) is 1. The van der Waals surface area contributed by atoms with Crippen molar-refractivity contribution >= 4 is 36.4 Å². The van der Waals surface area contributed by atoms with Crippen LogP contribution in [0.4, 0.5) is 0 Å². The number of aliphatic hydroxyl groups is 1. The molecule has 0 aromatic heterocycles. The highest BCUT2D eigenvalue weighted by Gasteiger charge is 2.35. The van der Waals surface area contributed by atoms with Crippen LogP contribution >= 0.6 is 36.4 Å². The van der Waals surface area contributed by atoms with E-state index >= 15 is 0 Å². The summed E-state index contributed by atoms with van der Waals surface area (Å²) >= 11 is 6.64. The van der Waals surface area contributed by atoms with Crippen LogP contribution in [-0.4, -0.2) is 41.8 Å². The Morgan fingerprint density at radius 2 is 1.69 bits per heavy atom. The van der Waals surface area contributed by atoms with Gasteiger partial charge in [0.2, 0.25) is 0 Å². The van der Waals surface area contributed by atoms with Gasteiger partial charge in [-0.3, -0.25) is 4.90 Å². The van der Waals surface area contributed by atoms with Gasteiger partial charge in [0.05, 0.1) is 10.6 Å². The normalized spacial score (nSPS) is 19.3. The molecule has 1 atom stereocenters. The summed E-state index contributed by atoms with van der Waals surface area (Å²) in [6.45, 7) is 4.46. The molecule has 2 N–H and O–H groups in total. The minimum absolute atomic E-state index is 0. The summed E-state index contributed by atoms with van der Waals surface area (Å²) in [6, 6.07) is 16.5. The Labute approximate surface area is 209 Å². The highest BCUT2D eigenvalue weighted by molar-refractivity contribution is 6.32. The van der Waals surface area contributed by atoms with Gasteiger partial charge in [0, 0.05) is 32.2 Å². The van der Waals surface area contributed by atoms with Gasteiger partial charge in [0.15, 0.2) is 0 Å². The Hall–Kier alpha value is -1.01. The summed E-state index contributed by atoms with van der Waals surface area (Å²) in [4.78, 5) is 2.50. The second kappa shape index (κ2) is 13.0. The summed E-state index contributed by atoms with van der Waals surface area (Å²) in [6.07, 6.45) is 6.06. The number of ether oxygens (including phenoxy) is 1. The summed E-state index contributed by atoms with van der Waals surface area (Å²) < 4.78 is 5.97. The summed E-state index contributed by atoms with van der Waals surface area (Å²) in [7, 11) is 0. The third-order valence-electron chi connectivity index (χ3n) is 6.53. The summed E-state index contributed by atoms with van der Waals surface area (Å²) in [5, 5.41) is 15.3. The highest BCUT2D eigenvalue weighted by atomic mass is 35.5. The van der Waals surface area contributed by atoms with Crippen LogP contribution in [0, 0.1) is 0 Å². The van der Waals surface area contributed by atoms with Crippen LogP contribution in [0.5, 0.6) is 5.75 Å². The van der Waals surface area contributed by atoms with Crippen molar-refractivity contribution in [3.8, 4) is 5.75 Å². The van der Waals surface area contributed by atoms with E-state index in [2.05, 4.69) is 16.3 Å². The van der Waals surface area contributed by atoms with E-state index in [1.807, 2.05) is 42.5 Å². The van der Waals surface area contributed by atoms with Gasteiger partial charge in [0.1, 0.15) is 12.4 Å². The Kier molecular flexibility index (Phi) is 11.1. The van der Waals surface area contributed by atoms with Gasteiger partial charge < -0.3 is 15.2 Å². The Bertz CT molecular complexity index is 810. The first-order valence-corrected chi connectivity index (χ1v) is 11.6. The fourth-order valence-electron chi connectivity index (χ4n) is 4.80. The molecule has 1 saturated heterocycles. The molecule has 1 heterocycles. The molecule has 0 spiro atoms. The lowest BCUT2D eigenvalue weighted by atomic mass is 9.79. The van der Waals surface area contributed by atoms with Crippen LogP contribution in [0.3, 0.4) is 0 Å². The first-order chi connectivity index (χ1) is 14.6. The van der Waals surface area contributed by atoms with Gasteiger partial charge in [-0.15, -0.1) is 24.8 Å². The Balaban J connectivity index is 0.00000181. The van der Waals surface area contributed by atoms with Gasteiger partial charge >= 0.3 is 0 Å². The zero-order valence-electron chi connectivity index (χ0n) is 18.5. The van der Waals surface area contributed by atoms with Crippen LogP contribution < -0.4 is 10.1 Å². The van der Waals surface area contributed by atoms with E-state index in [9.17, 15) is 5.11 Å². The van der Waals surface area contributed by atoms with Crippen molar-refractivity contribution in [2.45, 2.75) is 56.8 Å². The third-order valence-corrected chi connectivity index (χ3v) is 6.82. The third kappa shape index (κ3) is 7.24. The van der Waals surface area contributed by atoms with E-state index in [0.717, 1.165) is 63.8 Å². The van der Waals surface area contributed by atoms with Gasteiger partial charge in [-0.1, -0.05) is 67.3 Å². The minimum Gasteiger partial charge on any atom is -0.487 e. The molecular weight excluding hydrogens is 467 g/mol. The number of nitrogens with zero attached hydrogens (tertiary/aromatic N) is 1. The van der Waals surface area contributed by atoms with Crippen molar-refractivity contribution in [2.24, 2.45) is 0 Å². The van der Waals surface area contributed by atoms with E-state index in [1.165, 1.54) is 12.0 Å². The molecule has 2 aliphatic rings. The minimum atomic E-state index is -0.567. The quantitative estimate of drug-likeness (QED) is 0.504. The molecule has 0 radical (unpaired) electrons. The molecule has 7 heteroatoms. The monoisotopic (exact) mass is 500 g/mol. The smallest absolute Gasteiger partial charge is 0.138 e. The van der Waals surface area contributed by atoms with Gasteiger partial charge in [-0.2, -0.15) is 0 Å². The number of halogens is 3. The number of rotatable bonds is 7. The lowest BCUT2D eigenvalue weighted by molar-refractivity contribution is -0.0296. The molecule has 1 aliphatic carbocycles. The summed E-state index contributed by atoms with van der Waals surface area (Å²) in [5.74, 6) is 0.708. The van der Waals surface area contributed by atoms with Gasteiger partial charge in [-0.25, -0.2) is 0 Å². The number of benzene rings is 2. The molecule has 4 nitrogen and oxygen atoms in total. The largest absolute Gasteiger partial charge is 0.487 e. The lowest BCUT2D eigenvalue weighted by Gasteiger charge is -2.41. The summed E-state index contributed by atoms with van der Waals surface area (Å²) in [5.41, 5.74) is 1.73. The number of hydrogen-bond acceptors (Lipinski definition) is 4.